The number of benzene rings is 2. The number of carboxylic acid groups (broad SMARTS) is 1. The summed E-state index contributed by atoms with van der Waals surface area (Å²) in [4.78, 5) is 68.7. The number of carbonyl (C=O) groups excluding carboxylic acids is 3. The van der Waals surface area contributed by atoms with E-state index in [4.69, 9.17) is 19.3 Å². The molecule has 2 aromatic carbocycles. The van der Waals surface area contributed by atoms with Crippen LogP contribution in [0, 0.1) is 23.7 Å². The first-order chi connectivity index (χ1) is 31.8. The van der Waals surface area contributed by atoms with Crippen LogP contribution in [0.5, 0.6) is 11.5 Å². The van der Waals surface area contributed by atoms with Gasteiger partial charge < -0.3 is 29.1 Å². The van der Waals surface area contributed by atoms with Crippen molar-refractivity contribution >= 4 is 24.0 Å². The monoisotopic (exact) mass is 894 g/mol. The van der Waals surface area contributed by atoms with Crippen molar-refractivity contribution in [3.05, 3.63) is 122 Å². The molecule has 0 radical (unpaired) electrons. The van der Waals surface area contributed by atoms with E-state index in [-0.39, 0.29) is 35.7 Å². The molecular formula is C48H50N10O8. The maximum absolute atomic E-state index is 13.0. The number of carboxylic acids is 1. The number of likely N-dealkylation sites (tertiary alicyclic amines) is 2. The topological polar surface area (TPSA) is 210 Å². The number of hydrogen-bond acceptors (Lipinski definition) is 13. The van der Waals surface area contributed by atoms with Gasteiger partial charge in [0.05, 0.1) is 12.2 Å². The fourth-order valence-electron chi connectivity index (χ4n) is 9.48. The van der Waals surface area contributed by atoms with Crippen LogP contribution in [0.1, 0.15) is 67.4 Å². The van der Waals surface area contributed by atoms with Gasteiger partial charge in [0.1, 0.15) is 29.8 Å². The number of aromatic carboxylic acids is 1. The molecule has 6 heterocycles. The third-order valence-electron chi connectivity index (χ3n) is 12.4. The number of fused-ring (bicyclic) bond motifs is 2. The van der Waals surface area contributed by atoms with Gasteiger partial charge in [-0.1, -0.05) is 24.3 Å². The van der Waals surface area contributed by atoms with E-state index < -0.39 is 17.5 Å². The predicted molar refractivity (Wildman–Crippen MR) is 238 cm³/mol. The van der Waals surface area contributed by atoms with Gasteiger partial charge in [-0.2, -0.15) is 19.6 Å². The van der Waals surface area contributed by atoms with Gasteiger partial charge in [-0.15, -0.1) is 0 Å². The van der Waals surface area contributed by atoms with Crippen LogP contribution in [0.4, 0.5) is 9.59 Å². The van der Waals surface area contributed by atoms with Crippen LogP contribution in [-0.2, 0) is 4.74 Å². The number of hydrogen-bond donors (Lipinski definition) is 1. The van der Waals surface area contributed by atoms with Crippen molar-refractivity contribution in [3.8, 4) is 33.8 Å². The average molecular weight is 895 g/mol. The third kappa shape index (κ3) is 10.1. The molecule has 0 bridgehead atoms. The van der Waals surface area contributed by atoms with E-state index in [9.17, 15) is 19.2 Å². The lowest BCUT2D eigenvalue weighted by atomic mass is 10.0. The summed E-state index contributed by atoms with van der Waals surface area (Å²) in [5.41, 5.74) is 3.29. The lowest BCUT2D eigenvalue weighted by Crippen LogP contribution is -2.35. The summed E-state index contributed by atoms with van der Waals surface area (Å²) >= 11 is 0. The second-order valence-electron chi connectivity index (χ2n) is 18.2. The maximum atomic E-state index is 13.0. The van der Waals surface area contributed by atoms with Gasteiger partial charge in [0.15, 0.2) is 11.4 Å². The molecule has 1 N–H and O–H groups in total. The molecular weight excluding hydrogens is 845 g/mol. The van der Waals surface area contributed by atoms with E-state index in [0.717, 1.165) is 64.1 Å². The zero-order valence-corrected chi connectivity index (χ0v) is 36.8. The molecule has 2 saturated heterocycles. The van der Waals surface area contributed by atoms with Crippen molar-refractivity contribution in [2.75, 3.05) is 26.2 Å². The standard InChI is InChI=1S/C26H29N5O4.C22H21N5O4/c1-26(2,3)35-24(32)23-7-8-31(29-23)25(33)30-14-18-10-22(11-19(18)15-30)34-21-6-4-5-17(9-21)20-12-27-16-28-13-20;28-21(29)20-4-5-27(25-20)22(30)26-11-15-7-19(8-16(15)12-26)31-18-3-1-2-14(6-18)17-9-23-13-24-10-17/h4-9,12-13,16,18-19,22H,10-11,14-15H2,1-3H3;1-6,9-10,13,15-16,19H,7-8,11-12H2,(H,28,29)/t18-,19+,22?;15-,16+,19?. The van der Waals surface area contributed by atoms with Gasteiger partial charge in [0.2, 0.25) is 0 Å². The highest BCUT2D eigenvalue weighted by Gasteiger charge is 2.45. The molecule has 2 amide bonds. The molecule has 2 aliphatic heterocycles. The van der Waals surface area contributed by atoms with Crippen LogP contribution in [0.2, 0.25) is 0 Å². The molecule has 6 aromatic rings. The molecule has 2 aliphatic carbocycles. The van der Waals surface area contributed by atoms with Crippen LogP contribution in [-0.4, -0.2) is 122 Å². The summed E-state index contributed by atoms with van der Waals surface area (Å²) in [6, 6.07) is 18.2. The number of amides is 2. The summed E-state index contributed by atoms with van der Waals surface area (Å²) in [5, 5.41) is 17.0. The van der Waals surface area contributed by atoms with Gasteiger partial charge in [0, 0.05) is 74.5 Å². The molecule has 66 heavy (non-hydrogen) atoms. The Morgan fingerprint density at radius 3 is 1.38 bits per heavy atom. The second-order valence-corrected chi connectivity index (χ2v) is 18.2. The first-order valence-electron chi connectivity index (χ1n) is 22.0. The minimum atomic E-state index is -1.14. The van der Waals surface area contributed by atoms with E-state index >= 15 is 0 Å². The van der Waals surface area contributed by atoms with Crippen LogP contribution in [0.3, 0.4) is 0 Å². The highest BCUT2D eigenvalue weighted by molar-refractivity contribution is 5.88. The Bertz CT molecular complexity index is 2680. The maximum Gasteiger partial charge on any atom is 0.359 e. The van der Waals surface area contributed by atoms with Crippen molar-refractivity contribution in [2.24, 2.45) is 23.7 Å². The Balaban J connectivity index is 0.000000167. The summed E-state index contributed by atoms with van der Waals surface area (Å²) in [5.74, 6) is 1.47. The van der Waals surface area contributed by atoms with Crippen molar-refractivity contribution in [1.29, 1.82) is 0 Å². The van der Waals surface area contributed by atoms with Crippen molar-refractivity contribution in [2.45, 2.75) is 64.3 Å². The summed E-state index contributed by atoms with van der Waals surface area (Å²) in [6.07, 6.45) is 16.8. The molecule has 6 atom stereocenters. The molecule has 0 spiro atoms. The van der Waals surface area contributed by atoms with Crippen LogP contribution in [0.25, 0.3) is 22.3 Å². The SMILES string of the molecule is CC(C)(C)OC(=O)c1ccn(C(=O)N2C[C@H]3CC(Oc4cccc(-c5cncnc5)c4)C[C@H]3C2)n1.O=C(O)c1ccn(C(=O)N2C[C@H]3CC(Oc4cccc(-c5cncnc5)c4)C[C@H]3C2)n1. The Morgan fingerprint density at radius 1 is 0.576 bits per heavy atom. The predicted octanol–water partition coefficient (Wildman–Crippen LogP) is 6.85. The molecule has 10 rings (SSSR count). The van der Waals surface area contributed by atoms with E-state index in [1.54, 1.807) is 50.5 Å². The number of aromatic nitrogens is 8. The molecule has 2 saturated carbocycles. The summed E-state index contributed by atoms with van der Waals surface area (Å²) in [6.45, 7) is 7.96. The Hall–Kier alpha value is -7.50. The third-order valence-corrected chi connectivity index (χ3v) is 12.4. The van der Waals surface area contributed by atoms with E-state index in [1.165, 1.54) is 41.9 Å². The first kappa shape index (κ1) is 43.7. The molecule has 4 aliphatic rings. The quantitative estimate of drug-likeness (QED) is 0.155. The lowest BCUT2D eigenvalue weighted by molar-refractivity contribution is 0.00620. The van der Waals surface area contributed by atoms with E-state index in [0.29, 0.717) is 49.9 Å². The Labute approximate surface area is 380 Å². The largest absolute Gasteiger partial charge is 0.490 e. The fourth-order valence-corrected chi connectivity index (χ4v) is 9.48. The highest BCUT2D eigenvalue weighted by Crippen LogP contribution is 2.42. The highest BCUT2D eigenvalue weighted by atomic mass is 16.6. The van der Waals surface area contributed by atoms with Gasteiger partial charge in [0.25, 0.3) is 0 Å². The fraction of sp³-hybridized carbons (Fsp3) is 0.375. The van der Waals surface area contributed by atoms with Crippen molar-refractivity contribution in [3.63, 3.8) is 0 Å². The minimum Gasteiger partial charge on any atom is -0.490 e. The second kappa shape index (κ2) is 18.5. The van der Waals surface area contributed by atoms with Crippen LogP contribution in [0.15, 0.2) is 110 Å². The molecule has 18 heteroatoms. The Morgan fingerprint density at radius 2 is 0.985 bits per heavy atom. The molecule has 2 unspecified atom stereocenters. The van der Waals surface area contributed by atoms with E-state index in [1.807, 2.05) is 53.4 Å². The number of rotatable bonds is 8. The Kier molecular flexibility index (Phi) is 12.3. The van der Waals surface area contributed by atoms with Gasteiger partial charge in [-0.05, 0) is 118 Å². The summed E-state index contributed by atoms with van der Waals surface area (Å²) in [7, 11) is 0. The molecule has 4 aromatic heterocycles. The van der Waals surface area contributed by atoms with Crippen molar-refractivity contribution < 1.29 is 38.5 Å². The van der Waals surface area contributed by atoms with Gasteiger partial charge >= 0.3 is 24.0 Å². The lowest BCUT2D eigenvalue weighted by Gasteiger charge is -2.20. The molecule has 18 nitrogen and oxygen atoms in total. The number of ether oxygens (including phenoxy) is 3. The number of carbonyl (C=O) groups is 4. The molecule has 340 valence electrons. The van der Waals surface area contributed by atoms with Gasteiger partial charge in [-0.25, -0.2) is 39.1 Å². The van der Waals surface area contributed by atoms with Crippen molar-refractivity contribution in [1.82, 2.24) is 49.3 Å². The van der Waals surface area contributed by atoms with Crippen LogP contribution >= 0.6 is 0 Å². The molecule has 4 fully saturated rings. The summed E-state index contributed by atoms with van der Waals surface area (Å²) < 4.78 is 20.2. The zero-order valence-electron chi connectivity index (χ0n) is 36.8. The number of esters is 1. The van der Waals surface area contributed by atoms with Crippen LogP contribution < -0.4 is 9.47 Å². The minimum absolute atomic E-state index is 0.109. The smallest absolute Gasteiger partial charge is 0.359 e. The zero-order chi connectivity index (χ0) is 46.0. The average Bonchev–Trinajstić information content (AvgIpc) is 4.17. The van der Waals surface area contributed by atoms with Gasteiger partial charge in [-0.3, -0.25) is 0 Å². The number of nitrogens with zero attached hydrogens (tertiary/aromatic N) is 10. The first-order valence-corrected chi connectivity index (χ1v) is 22.0. The van der Waals surface area contributed by atoms with E-state index in [2.05, 4.69) is 30.1 Å². The normalized spacial score (nSPS) is 21.9.